The van der Waals surface area contributed by atoms with Crippen LogP contribution < -0.4 is 27.3 Å². The molecule has 0 radical (unpaired) electrons. The topological polar surface area (TPSA) is 178 Å². The summed E-state index contributed by atoms with van der Waals surface area (Å²) in [6.07, 6.45) is 4.75. The van der Waals surface area contributed by atoms with Crippen molar-refractivity contribution in [2.45, 2.75) is 60.4 Å². The molecule has 11 heteroatoms. The number of thioether (sulfide) groups is 1. The first-order valence-electron chi connectivity index (χ1n) is 16.3. The van der Waals surface area contributed by atoms with E-state index in [4.69, 9.17) is 21.9 Å². The Labute approximate surface area is 283 Å². The van der Waals surface area contributed by atoms with Crippen LogP contribution in [-0.4, -0.2) is 47.0 Å². The van der Waals surface area contributed by atoms with Crippen molar-refractivity contribution in [3.8, 4) is 17.6 Å². The molecule has 2 aliphatic carbocycles. The molecule has 4 unspecified atom stereocenters. The van der Waals surface area contributed by atoms with Crippen LogP contribution in [-0.2, 0) is 19.9 Å². The van der Waals surface area contributed by atoms with E-state index in [2.05, 4.69) is 5.32 Å². The van der Waals surface area contributed by atoms with Crippen LogP contribution in [0.3, 0.4) is 0 Å². The normalized spacial score (nSPS) is 25.3. The third kappa shape index (κ3) is 5.53. The first kappa shape index (κ1) is 31.9. The lowest BCUT2D eigenvalue weighted by Gasteiger charge is -2.42. The number of Topliss-reactive ketones (excluding diaryl/α,β-unsaturated/α-hetero) is 1. The van der Waals surface area contributed by atoms with Crippen LogP contribution in [0.25, 0.3) is 0 Å². The van der Waals surface area contributed by atoms with Gasteiger partial charge in [0.15, 0.2) is 5.78 Å². The minimum Gasteiger partial charge on any atom is -0.457 e. The zero-order chi connectivity index (χ0) is 33.7. The third-order valence-corrected chi connectivity index (χ3v) is 11.4. The summed E-state index contributed by atoms with van der Waals surface area (Å²) < 4.78 is 6.02. The van der Waals surface area contributed by atoms with Gasteiger partial charge in [0.25, 0.3) is 5.91 Å². The number of hydrogen-bond donors (Lipinski definition) is 4. The van der Waals surface area contributed by atoms with E-state index in [1.165, 1.54) is 11.8 Å². The number of hydrogen-bond acceptors (Lipinski definition) is 9. The number of carbonyl (C=O) groups excluding carboxylic acids is 3. The van der Waals surface area contributed by atoms with E-state index >= 15 is 0 Å². The molecular weight excluding hydrogens is 625 g/mol. The number of amides is 2. The zero-order valence-corrected chi connectivity index (χ0v) is 27.5. The van der Waals surface area contributed by atoms with Gasteiger partial charge < -0.3 is 32.2 Å². The van der Waals surface area contributed by atoms with Crippen molar-refractivity contribution < 1.29 is 19.1 Å². The molecule has 3 aromatic carbocycles. The SMILES string of the molecule is Cc1cc(Oc2ccccc2)ccc1C1(N)C(=O)C(N)C2c3c1ccc(N)c3SC2NC(=O)C1CCN(C(=O)/C(C#N)=C/C2CC2)CC1. The Morgan fingerprint density at radius 1 is 1.04 bits per heavy atom. The largest absolute Gasteiger partial charge is 0.457 e. The van der Waals surface area contributed by atoms with Crippen molar-refractivity contribution in [2.24, 2.45) is 23.3 Å². The van der Waals surface area contributed by atoms with Crippen LogP contribution in [0.15, 0.2) is 77.2 Å². The molecule has 0 bridgehead atoms. The minimum absolute atomic E-state index is 0.157. The Morgan fingerprint density at radius 3 is 2.42 bits per heavy atom. The van der Waals surface area contributed by atoms with Gasteiger partial charge in [-0.1, -0.05) is 48.2 Å². The first-order chi connectivity index (χ1) is 23.1. The molecule has 2 heterocycles. The number of nitrogen functional groups attached to an aromatic ring is 1. The fourth-order valence-electron chi connectivity index (χ4n) is 7.29. The minimum atomic E-state index is -1.53. The van der Waals surface area contributed by atoms with Gasteiger partial charge in [-0.2, -0.15) is 5.26 Å². The molecular formula is C37H38N6O4S. The molecule has 1 saturated heterocycles. The average Bonchev–Trinajstić information content (AvgIpc) is 3.84. The van der Waals surface area contributed by atoms with Gasteiger partial charge in [-0.3, -0.25) is 14.4 Å². The number of likely N-dealkylation sites (tertiary alicyclic amines) is 1. The summed E-state index contributed by atoms with van der Waals surface area (Å²) in [6, 6.07) is 19.5. The number of ether oxygens (including phenoxy) is 1. The van der Waals surface area contributed by atoms with Crippen LogP contribution in [0.2, 0.25) is 0 Å². The van der Waals surface area contributed by atoms with Gasteiger partial charge in [-0.05, 0) is 91.1 Å². The van der Waals surface area contributed by atoms with Gasteiger partial charge in [-0.25, -0.2) is 0 Å². The number of nitrogens with two attached hydrogens (primary N) is 3. The van der Waals surface area contributed by atoms with Gasteiger partial charge in [0.2, 0.25) is 5.91 Å². The van der Waals surface area contributed by atoms with E-state index in [1.807, 2.05) is 61.5 Å². The number of benzene rings is 3. The monoisotopic (exact) mass is 662 g/mol. The molecule has 3 aromatic rings. The first-order valence-corrected chi connectivity index (χ1v) is 17.2. The number of allylic oxidation sites excluding steroid dienone is 1. The highest BCUT2D eigenvalue weighted by molar-refractivity contribution is 8.00. The number of anilines is 1. The molecule has 2 aliphatic heterocycles. The molecule has 10 nitrogen and oxygen atoms in total. The zero-order valence-electron chi connectivity index (χ0n) is 26.6. The van der Waals surface area contributed by atoms with Crippen LogP contribution in [0.1, 0.15) is 53.9 Å². The fourth-order valence-corrected chi connectivity index (χ4v) is 8.75. The van der Waals surface area contributed by atoms with Crippen molar-refractivity contribution in [1.82, 2.24) is 10.2 Å². The molecule has 4 atom stereocenters. The lowest BCUT2D eigenvalue weighted by Crippen LogP contribution is -2.61. The molecule has 0 aromatic heterocycles. The smallest absolute Gasteiger partial charge is 0.264 e. The maximum atomic E-state index is 14.3. The second kappa shape index (κ2) is 12.4. The predicted octanol–water partition coefficient (Wildman–Crippen LogP) is 4.21. The van der Waals surface area contributed by atoms with Gasteiger partial charge in [0.05, 0.1) is 11.4 Å². The van der Waals surface area contributed by atoms with Crippen LogP contribution >= 0.6 is 11.8 Å². The number of para-hydroxylation sites is 1. The van der Waals surface area contributed by atoms with Gasteiger partial charge in [-0.15, -0.1) is 0 Å². The Hall–Kier alpha value is -4.63. The van der Waals surface area contributed by atoms with Crippen molar-refractivity contribution in [2.75, 3.05) is 18.8 Å². The van der Waals surface area contributed by atoms with E-state index in [0.717, 1.165) is 28.9 Å². The standard InChI is InChI=1S/C37H38N6O4S/c1-20-17-25(47-24-5-3-2-4-6-24)9-10-26(20)37(41)27-11-12-28(39)32-29(27)30(31(40)33(37)44)35(48-32)42-34(45)22-13-15-43(16-14-22)36(46)23(19-38)18-21-7-8-21/h2-6,9-12,17-18,21-22,30-31,35H,7-8,13-16,39-41H2,1H3,(H,42,45)/b23-18+. The molecule has 0 spiro atoms. The number of ketones is 1. The lowest BCUT2D eigenvalue weighted by atomic mass is 9.65. The van der Waals surface area contributed by atoms with Gasteiger partial charge in [0, 0.05) is 35.5 Å². The van der Waals surface area contributed by atoms with Crippen molar-refractivity contribution in [3.63, 3.8) is 0 Å². The lowest BCUT2D eigenvalue weighted by molar-refractivity contribution is -0.132. The van der Waals surface area contributed by atoms with Crippen molar-refractivity contribution in [3.05, 3.63) is 94.6 Å². The van der Waals surface area contributed by atoms with E-state index in [9.17, 15) is 19.6 Å². The van der Waals surface area contributed by atoms with Gasteiger partial charge >= 0.3 is 0 Å². The van der Waals surface area contributed by atoms with E-state index < -0.39 is 22.9 Å². The quantitative estimate of drug-likeness (QED) is 0.164. The maximum absolute atomic E-state index is 14.3. The maximum Gasteiger partial charge on any atom is 0.264 e. The Balaban J connectivity index is 1.10. The number of piperidine rings is 1. The van der Waals surface area contributed by atoms with E-state index in [1.54, 1.807) is 23.1 Å². The third-order valence-electron chi connectivity index (χ3n) is 10.0. The fraction of sp³-hybridized carbons (Fsp3) is 0.351. The summed E-state index contributed by atoms with van der Waals surface area (Å²) in [5.74, 6) is 0.0294. The number of rotatable bonds is 7. The van der Waals surface area contributed by atoms with Gasteiger partial charge in [0.1, 0.15) is 28.7 Å². The van der Waals surface area contributed by atoms with Crippen LogP contribution in [0.4, 0.5) is 5.69 Å². The summed E-state index contributed by atoms with van der Waals surface area (Å²) in [6.45, 7) is 2.67. The van der Waals surface area contributed by atoms with E-state index in [-0.39, 0.29) is 29.1 Å². The Bertz CT molecular complexity index is 1880. The summed E-state index contributed by atoms with van der Waals surface area (Å²) in [5, 5.41) is 12.1. The Morgan fingerprint density at radius 2 is 1.75 bits per heavy atom. The summed E-state index contributed by atoms with van der Waals surface area (Å²) in [5.41, 5.74) is 22.4. The molecule has 7 rings (SSSR count). The molecule has 2 fully saturated rings. The molecule has 2 amide bonds. The number of nitrogens with zero attached hydrogens (tertiary/aromatic N) is 2. The molecule has 48 heavy (non-hydrogen) atoms. The highest BCUT2D eigenvalue weighted by Crippen LogP contribution is 2.56. The Kier molecular flexibility index (Phi) is 8.27. The number of carbonyl (C=O) groups is 3. The molecule has 4 aliphatic rings. The molecule has 246 valence electrons. The number of aryl methyl sites for hydroxylation is 1. The predicted molar refractivity (Wildman–Crippen MR) is 183 cm³/mol. The van der Waals surface area contributed by atoms with Crippen molar-refractivity contribution in [1.29, 1.82) is 5.26 Å². The van der Waals surface area contributed by atoms with E-state index in [0.29, 0.717) is 60.2 Å². The molecule has 7 N–H and O–H groups in total. The van der Waals surface area contributed by atoms with Crippen molar-refractivity contribution >= 4 is 35.0 Å². The summed E-state index contributed by atoms with van der Waals surface area (Å²) in [7, 11) is 0. The van der Waals surface area contributed by atoms with Crippen LogP contribution in [0.5, 0.6) is 11.5 Å². The highest BCUT2D eigenvalue weighted by Gasteiger charge is 2.56. The number of nitriles is 1. The average molecular weight is 663 g/mol. The second-order valence-corrected chi connectivity index (χ2v) is 14.4. The second-order valence-electron chi connectivity index (χ2n) is 13.2. The van der Waals surface area contributed by atoms with Crippen LogP contribution in [0, 0.1) is 30.1 Å². The summed E-state index contributed by atoms with van der Waals surface area (Å²) in [4.78, 5) is 43.3. The summed E-state index contributed by atoms with van der Waals surface area (Å²) >= 11 is 1.40. The molecule has 1 saturated carbocycles. The number of nitrogens with one attached hydrogen (secondary N) is 1. The highest BCUT2D eigenvalue weighted by atomic mass is 32.2.